The van der Waals surface area contributed by atoms with Crippen molar-refractivity contribution in [3.8, 4) is 11.3 Å². The van der Waals surface area contributed by atoms with Gasteiger partial charge in [0, 0.05) is 16.1 Å². The molecule has 6 heteroatoms. The molecule has 0 spiro atoms. The average molecular weight is 345 g/mol. The number of aromatic nitrogens is 1. The molecular formula is C17H13ClN2O2S. The second-order valence-electron chi connectivity index (χ2n) is 5.05. The normalized spacial score (nSPS) is 10.5. The van der Waals surface area contributed by atoms with Crippen LogP contribution in [0.2, 0.25) is 5.02 Å². The molecule has 0 bridgehead atoms. The van der Waals surface area contributed by atoms with Gasteiger partial charge in [-0.25, -0.2) is 0 Å². The van der Waals surface area contributed by atoms with E-state index in [4.69, 9.17) is 28.2 Å². The lowest BCUT2D eigenvalue weighted by Crippen LogP contribution is -2.12. The van der Waals surface area contributed by atoms with Crippen LogP contribution >= 0.6 is 23.8 Å². The number of aromatic amines is 1. The van der Waals surface area contributed by atoms with Gasteiger partial charge in [0.15, 0.2) is 11.6 Å². The number of carbonyl (C=O) groups is 1. The highest BCUT2D eigenvalue weighted by Gasteiger charge is 2.15. The maximum atomic E-state index is 12.3. The molecule has 3 aromatic rings. The number of aryl methyl sites for hydroxylation is 1. The molecule has 4 nitrogen and oxygen atoms in total. The zero-order chi connectivity index (χ0) is 16.4. The molecule has 1 heterocycles. The summed E-state index contributed by atoms with van der Waals surface area (Å²) in [4.78, 5) is 15.4. The smallest absolute Gasteiger partial charge is 0.268 e. The molecule has 0 atom stereocenters. The highest BCUT2D eigenvalue weighted by Crippen LogP contribution is 2.29. The van der Waals surface area contributed by atoms with E-state index in [1.54, 1.807) is 36.4 Å². The molecule has 3 rings (SSSR count). The van der Waals surface area contributed by atoms with Crippen molar-refractivity contribution in [2.75, 3.05) is 5.32 Å². The first kappa shape index (κ1) is 15.5. The number of anilines is 1. The van der Waals surface area contributed by atoms with Gasteiger partial charge in [0.2, 0.25) is 0 Å². The van der Waals surface area contributed by atoms with Crippen molar-refractivity contribution in [1.29, 1.82) is 0 Å². The fourth-order valence-corrected chi connectivity index (χ4v) is 2.42. The van der Waals surface area contributed by atoms with E-state index >= 15 is 0 Å². The summed E-state index contributed by atoms with van der Waals surface area (Å²) in [6, 6.07) is 14.4. The summed E-state index contributed by atoms with van der Waals surface area (Å²) in [5.74, 6) is 0.641. The second kappa shape index (κ2) is 6.40. The van der Waals surface area contributed by atoms with Gasteiger partial charge < -0.3 is 9.73 Å². The number of nitrogens with one attached hydrogen (secondary N) is 2. The lowest BCUT2D eigenvalue weighted by molar-refractivity contribution is 0.102. The van der Waals surface area contributed by atoms with Crippen LogP contribution in [0.5, 0.6) is 0 Å². The van der Waals surface area contributed by atoms with Gasteiger partial charge in [0.05, 0.1) is 0 Å². The van der Waals surface area contributed by atoms with E-state index in [-0.39, 0.29) is 10.7 Å². The number of H-pyrrole nitrogens is 1. The minimum atomic E-state index is -0.243. The Morgan fingerprint density at radius 3 is 2.43 bits per heavy atom. The molecule has 1 aromatic heterocycles. The Balaban J connectivity index is 1.91. The van der Waals surface area contributed by atoms with Gasteiger partial charge in [0.25, 0.3) is 10.7 Å². The molecule has 2 N–H and O–H groups in total. The molecule has 0 fully saturated rings. The van der Waals surface area contributed by atoms with Gasteiger partial charge in [-0.05, 0) is 55.5 Å². The molecule has 23 heavy (non-hydrogen) atoms. The Hall–Kier alpha value is -2.37. The lowest BCUT2D eigenvalue weighted by Gasteiger charge is -2.05. The second-order valence-corrected chi connectivity index (χ2v) is 5.85. The van der Waals surface area contributed by atoms with Gasteiger partial charge in [-0.3, -0.25) is 9.78 Å². The van der Waals surface area contributed by atoms with Crippen LogP contribution < -0.4 is 5.32 Å². The number of hydrogen-bond acceptors (Lipinski definition) is 3. The van der Waals surface area contributed by atoms with Crippen LogP contribution in [-0.4, -0.2) is 10.9 Å². The van der Waals surface area contributed by atoms with Crippen LogP contribution in [0.3, 0.4) is 0 Å². The standard InChI is InChI=1S/C17H13ClN2O2S/c1-10-2-4-12(5-3-10)16(21)19-15-14(22-17(23)20-15)11-6-8-13(18)9-7-11/h2-9H,1H3,(H,19,21)(H,20,23). The molecule has 0 aliphatic rings. The minimum absolute atomic E-state index is 0.189. The van der Waals surface area contributed by atoms with Crippen molar-refractivity contribution in [2.45, 2.75) is 6.92 Å². The third-order valence-corrected chi connectivity index (χ3v) is 3.74. The topological polar surface area (TPSA) is 58.0 Å². The largest absolute Gasteiger partial charge is 0.427 e. The fraction of sp³-hybridized carbons (Fsp3) is 0.0588. The molecule has 0 aliphatic heterocycles. The van der Waals surface area contributed by atoms with E-state index < -0.39 is 0 Å². The monoisotopic (exact) mass is 344 g/mol. The minimum Gasteiger partial charge on any atom is -0.427 e. The van der Waals surface area contributed by atoms with Crippen LogP contribution in [0.1, 0.15) is 15.9 Å². The van der Waals surface area contributed by atoms with Crippen molar-refractivity contribution >= 4 is 35.5 Å². The van der Waals surface area contributed by atoms with E-state index in [1.807, 2.05) is 19.1 Å². The lowest BCUT2D eigenvalue weighted by atomic mass is 10.1. The molecule has 116 valence electrons. The number of rotatable bonds is 3. The van der Waals surface area contributed by atoms with E-state index in [0.29, 0.717) is 22.2 Å². The van der Waals surface area contributed by atoms with Crippen LogP contribution in [-0.2, 0) is 0 Å². The maximum Gasteiger partial charge on any atom is 0.268 e. The Morgan fingerprint density at radius 1 is 1.13 bits per heavy atom. The molecule has 0 saturated carbocycles. The van der Waals surface area contributed by atoms with Crippen LogP contribution in [0.15, 0.2) is 52.9 Å². The quantitative estimate of drug-likeness (QED) is 0.640. The summed E-state index contributed by atoms with van der Waals surface area (Å²) in [5, 5.41) is 3.41. The Kier molecular flexibility index (Phi) is 4.32. The first-order valence-electron chi connectivity index (χ1n) is 6.90. The summed E-state index contributed by atoms with van der Waals surface area (Å²) >= 11 is 10.9. The van der Waals surface area contributed by atoms with Crippen molar-refractivity contribution < 1.29 is 9.21 Å². The van der Waals surface area contributed by atoms with Crippen molar-refractivity contribution in [3.05, 3.63) is 69.5 Å². The molecule has 0 saturated heterocycles. The SMILES string of the molecule is Cc1ccc(C(=O)Nc2[nH]c(=S)oc2-c2ccc(Cl)cc2)cc1. The fourth-order valence-electron chi connectivity index (χ4n) is 2.11. The molecule has 1 amide bonds. The van der Waals surface area contributed by atoms with Crippen LogP contribution in [0.4, 0.5) is 5.82 Å². The average Bonchev–Trinajstić information content (AvgIpc) is 2.89. The summed E-state index contributed by atoms with van der Waals surface area (Å²) in [7, 11) is 0. The van der Waals surface area contributed by atoms with E-state index in [0.717, 1.165) is 11.1 Å². The third-order valence-electron chi connectivity index (χ3n) is 3.31. The van der Waals surface area contributed by atoms with Gasteiger partial charge in [-0.2, -0.15) is 0 Å². The maximum absolute atomic E-state index is 12.3. The van der Waals surface area contributed by atoms with Crippen LogP contribution in [0.25, 0.3) is 11.3 Å². The van der Waals surface area contributed by atoms with E-state index in [9.17, 15) is 4.79 Å². The number of amides is 1. The van der Waals surface area contributed by atoms with Gasteiger partial charge >= 0.3 is 0 Å². The number of hydrogen-bond donors (Lipinski definition) is 2. The van der Waals surface area contributed by atoms with Crippen LogP contribution in [0, 0.1) is 11.8 Å². The first-order chi connectivity index (χ1) is 11.0. The molecule has 0 unspecified atom stereocenters. The molecule has 2 aromatic carbocycles. The highest BCUT2D eigenvalue weighted by molar-refractivity contribution is 7.71. The summed E-state index contributed by atoms with van der Waals surface area (Å²) in [6.07, 6.45) is 0. The van der Waals surface area contributed by atoms with Gasteiger partial charge in [-0.15, -0.1) is 0 Å². The number of oxazole rings is 1. The number of halogens is 1. The van der Waals surface area contributed by atoms with Crippen molar-refractivity contribution in [1.82, 2.24) is 4.98 Å². The molecular weight excluding hydrogens is 332 g/mol. The zero-order valence-electron chi connectivity index (χ0n) is 12.2. The number of benzene rings is 2. The Bertz CT molecular complexity index is 896. The Labute approximate surface area is 143 Å². The van der Waals surface area contributed by atoms with Crippen molar-refractivity contribution in [2.24, 2.45) is 0 Å². The predicted octanol–water partition coefficient (Wildman–Crippen LogP) is 5.22. The zero-order valence-corrected chi connectivity index (χ0v) is 13.8. The van der Waals surface area contributed by atoms with Gasteiger partial charge in [0.1, 0.15) is 0 Å². The molecule has 0 aliphatic carbocycles. The summed E-state index contributed by atoms with van der Waals surface area (Å²) in [5.41, 5.74) is 2.41. The third kappa shape index (κ3) is 3.52. The summed E-state index contributed by atoms with van der Waals surface area (Å²) < 4.78 is 5.50. The highest BCUT2D eigenvalue weighted by atomic mass is 35.5. The number of carbonyl (C=O) groups excluding carboxylic acids is 1. The molecule has 0 radical (unpaired) electrons. The van der Waals surface area contributed by atoms with E-state index in [2.05, 4.69) is 10.3 Å². The van der Waals surface area contributed by atoms with Crippen molar-refractivity contribution in [3.63, 3.8) is 0 Å². The first-order valence-corrected chi connectivity index (χ1v) is 7.68. The van der Waals surface area contributed by atoms with Gasteiger partial charge in [-0.1, -0.05) is 29.3 Å². The summed E-state index contributed by atoms with van der Waals surface area (Å²) in [6.45, 7) is 1.97. The predicted molar refractivity (Wildman–Crippen MR) is 93.5 cm³/mol. The van der Waals surface area contributed by atoms with E-state index in [1.165, 1.54) is 0 Å². The Morgan fingerprint density at radius 2 is 1.78 bits per heavy atom.